The molecule has 0 radical (unpaired) electrons. The summed E-state index contributed by atoms with van der Waals surface area (Å²) in [5.74, 6) is 1.34. The van der Waals surface area contributed by atoms with Crippen molar-refractivity contribution in [1.82, 2.24) is 14.5 Å². The van der Waals surface area contributed by atoms with E-state index in [-0.39, 0.29) is 5.91 Å². The van der Waals surface area contributed by atoms with Gasteiger partial charge in [0, 0.05) is 38.1 Å². The molecule has 9 heteroatoms. The summed E-state index contributed by atoms with van der Waals surface area (Å²) in [5.41, 5.74) is 2.13. The first-order valence-corrected chi connectivity index (χ1v) is 11.3. The summed E-state index contributed by atoms with van der Waals surface area (Å²) >= 11 is 0. The number of hydrogen-bond acceptors (Lipinski definition) is 5. The van der Waals surface area contributed by atoms with E-state index in [2.05, 4.69) is 17.2 Å². The maximum atomic E-state index is 13.1. The molecule has 1 saturated heterocycles. The van der Waals surface area contributed by atoms with Crippen LogP contribution in [0.25, 0.3) is 10.9 Å². The average molecular weight is 452 g/mol. The van der Waals surface area contributed by atoms with E-state index < -0.39 is 6.09 Å². The van der Waals surface area contributed by atoms with Gasteiger partial charge in [-0.1, -0.05) is 13.0 Å². The maximum Gasteiger partial charge on any atom is 0.407 e. The monoisotopic (exact) mass is 451 g/mol. The highest BCUT2D eigenvalue weighted by Crippen LogP contribution is 2.30. The molecule has 1 aliphatic rings. The van der Waals surface area contributed by atoms with Crippen molar-refractivity contribution in [2.24, 2.45) is 0 Å². The summed E-state index contributed by atoms with van der Waals surface area (Å²) < 4.78 is 7.85. The SMILES string of the molecule is CCCOc1cccc2c1cc(C(=O)Nc1ccc(N3CCN(C(=O)O)CC3)nc1)n2CC. The van der Waals surface area contributed by atoms with Crippen LogP contribution in [0.5, 0.6) is 5.75 Å². The highest BCUT2D eigenvalue weighted by molar-refractivity contribution is 6.07. The van der Waals surface area contributed by atoms with Crippen molar-refractivity contribution in [2.75, 3.05) is 43.0 Å². The number of rotatable bonds is 7. The Hall–Kier alpha value is -3.75. The standard InChI is InChI=1S/C24H29N5O4/c1-3-14-33-21-7-5-6-19-18(21)15-20(29(19)4-2)23(30)26-17-8-9-22(25-16-17)27-10-12-28(13-11-27)24(31)32/h5-9,15-16H,3-4,10-14H2,1-2H3,(H,26,30)(H,31,32). The summed E-state index contributed by atoms with van der Waals surface area (Å²) in [4.78, 5) is 32.1. The fourth-order valence-electron chi connectivity index (χ4n) is 4.09. The molecule has 2 amide bonds. The third-order valence-electron chi connectivity index (χ3n) is 5.80. The molecule has 0 bridgehead atoms. The molecular formula is C24H29N5O4. The number of amides is 2. The predicted molar refractivity (Wildman–Crippen MR) is 127 cm³/mol. The molecule has 1 aliphatic heterocycles. The second kappa shape index (κ2) is 9.81. The van der Waals surface area contributed by atoms with E-state index >= 15 is 0 Å². The third kappa shape index (κ3) is 4.72. The van der Waals surface area contributed by atoms with Crippen LogP contribution >= 0.6 is 0 Å². The number of carbonyl (C=O) groups is 2. The van der Waals surface area contributed by atoms with Crippen LogP contribution in [0, 0.1) is 0 Å². The number of carbonyl (C=O) groups excluding carboxylic acids is 1. The number of nitrogens with zero attached hydrogens (tertiary/aromatic N) is 4. The zero-order valence-electron chi connectivity index (χ0n) is 19.0. The molecule has 0 aliphatic carbocycles. The van der Waals surface area contributed by atoms with Crippen LogP contribution in [0.15, 0.2) is 42.6 Å². The van der Waals surface area contributed by atoms with Crippen LogP contribution in [0.3, 0.4) is 0 Å². The summed E-state index contributed by atoms with van der Waals surface area (Å²) in [6.07, 6.45) is 1.65. The lowest BCUT2D eigenvalue weighted by atomic mass is 10.2. The first-order valence-electron chi connectivity index (χ1n) is 11.3. The van der Waals surface area contributed by atoms with Crippen LogP contribution in [0.4, 0.5) is 16.3 Å². The van der Waals surface area contributed by atoms with Crippen molar-refractivity contribution in [3.63, 3.8) is 0 Å². The molecule has 0 atom stereocenters. The van der Waals surface area contributed by atoms with Gasteiger partial charge in [-0.15, -0.1) is 0 Å². The molecule has 174 valence electrons. The van der Waals surface area contributed by atoms with Crippen LogP contribution in [-0.2, 0) is 6.54 Å². The summed E-state index contributed by atoms with van der Waals surface area (Å²) in [5, 5.41) is 13.0. The molecule has 3 heterocycles. The first kappa shape index (κ1) is 22.4. The van der Waals surface area contributed by atoms with Gasteiger partial charge in [0.15, 0.2) is 0 Å². The Morgan fingerprint density at radius 2 is 1.91 bits per heavy atom. The lowest BCUT2D eigenvalue weighted by Gasteiger charge is -2.33. The van der Waals surface area contributed by atoms with E-state index in [0.29, 0.717) is 50.7 Å². The number of benzene rings is 1. The normalized spacial score (nSPS) is 13.9. The van der Waals surface area contributed by atoms with Gasteiger partial charge < -0.3 is 29.5 Å². The van der Waals surface area contributed by atoms with Gasteiger partial charge in [0.2, 0.25) is 0 Å². The zero-order valence-corrected chi connectivity index (χ0v) is 19.0. The number of aryl methyl sites for hydroxylation is 1. The Kier molecular flexibility index (Phi) is 6.67. The van der Waals surface area contributed by atoms with Crippen molar-refractivity contribution in [3.8, 4) is 5.75 Å². The van der Waals surface area contributed by atoms with Gasteiger partial charge in [-0.3, -0.25) is 4.79 Å². The molecule has 9 nitrogen and oxygen atoms in total. The van der Waals surface area contributed by atoms with Crippen molar-refractivity contribution >= 4 is 34.4 Å². The van der Waals surface area contributed by atoms with Gasteiger partial charge in [-0.25, -0.2) is 9.78 Å². The number of hydrogen-bond donors (Lipinski definition) is 2. The Balaban J connectivity index is 1.48. The fraction of sp³-hybridized carbons (Fsp3) is 0.375. The lowest BCUT2D eigenvalue weighted by Crippen LogP contribution is -2.48. The Morgan fingerprint density at radius 1 is 1.12 bits per heavy atom. The van der Waals surface area contributed by atoms with Crippen molar-refractivity contribution in [1.29, 1.82) is 0 Å². The molecule has 0 spiro atoms. The summed E-state index contributed by atoms with van der Waals surface area (Å²) in [7, 11) is 0. The average Bonchev–Trinajstić information content (AvgIpc) is 3.23. The number of piperazine rings is 1. The van der Waals surface area contributed by atoms with Gasteiger partial charge in [-0.05, 0) is 43.7 Å². The molecule has 2 aromatic heterocycles. The lowest BCUT2D eigenvalue weighted by molar-refractivity contribution is 0.101. The minimum absolute atomic E-state index is 0.209. The summed E-state index contributed by atoms with van der Waals surface area (Å²) in [6.45, 7) is 7.42. The second-order valence-electron chi connectivity index (χ2n) is 7.93. The Bertz CT molecular complexity index is 1130. The van der Waals surface area contributed by atoms with Crippen LogP contribution < -0.4 is 15.0 Å². The fourth-order valence-corrected chi connectivity index (χ4v) is 4.09. The largest absolute Gasteiger partial charge is 0.493 e. The number of pyridine rings is 1. The predicted octanol–water partition coefficient (Wildman–Crippen LogP) is 3.90. The van der Waals surface area contributed by atoms with Crippen molar-refractivity contribution in [3.05, 3.63) is 48.3 Å². The molecule has 0 saturated carbocycles. The van der Waals surface area contributed by atoms with E-state index in [1.165, 1.54) is 4.90 Å². The van der Waals surface area contributed by atoms with Crippen LogP contribution in [0.1, 0.15) is 30.8 Å². The quantitative estimate of drug-likeness (QED) is 0.565. The molecule has 1 aromatic carbocycles. The van der Waals surface area contributed by atoms with Gasteiger partial charge in [0.05, 0.1) is 24.0 Å². The van der Waals surface area contributed by atoms with E-state index in [1.54, 1.807) is 6.20 Å². The highest BCUT2D eigenvalue weighted by Gasteiger charge is 2.21. The third-order valence-corrected chi connectivity index (χ3v) is 5.80. The number of nitrogens with one attached hydrogen (secondary N) is 1. The number of ether oxygens (including phenoxy) is 1. The molecule has 3 aromatic rings. The van der Waals surface area contributed by atoms with Gasteiger partial charge in [0.25, 0.3) is 5.91 Å². The maximum absolute atomic E-state index is 13.1. The smallest absolute Gasteiger partial charge is 0.407 e. The van der Waals surface area contributed by atoms with Gasteiger partial charge in [-0.2, -0.15) is 0 Å². The topological polar surface area (TPSA) is 99.9 Å². The molecule has 0 unspecified atom stereocenters. The molecule has 1 fully saturated rings. The van der Waals surface area contributed by atoms with Crippen molar-refractivity contribution < 1.29 is 19.4 Å². The van der Waals surface area contributed by atoms with Crippen LogP contribution in [-0.4, -0.2) is 64.3 Å². The number of aromatic nitrogens is 2. The minimum atomic E-state index is -0.894. The Morgan fingerprint density at radius 3 is 2.55 bits per heavy atom. The molecule has 33 heavy (non-hydrogen) atoms. The molecule has 4 rings (SSSR count). The number of carboxylic acid groups (broad SMARTS) is 1. The molecular weight excluding hydrogens is 422 g/mol. The summed E-state index contributed by atoms with van der Waals surface area (Å²) in [6, 6.07) is 11.4. The zero-order chi connectivity index (χ0) is 23.4. The molecule has 2 N–H and O–H groups in total. The van der Waals surface area contributed by atoms with E-state index in [0.717, 1.165) is 28.9 Å². The highest BCUT2D eigenvalue weighted by atomic mass is 16.5. The second-order valence-corrected chi connectivity index (χ2v) is 7.93. The van der Waals surface area contributed by atoms with Crippen LogP contribution in [0.2, 0.25) is 0 Å². The van der Waals surface area contributed by atoms with Gasteiger partial charge in [0.1, 0.15) is 17.3 Å². The van der Waals surface area contributed by atoms with Gasteiger partial charge >= 0.3 is 6.09 Å². The minimum Gasteiger partial charge on any atom is -0.493 e. The van der Waals surface area contributed by atoms with E-state index in [4.69, 9.17) is 9.84 Å². The van der Waals surface area contributed by atoms with E-state index in [1.807, 2.05) is 52.8 Å². The van der Waals surface area contributed by atoms with Crippen molar-refractivity contribution in [2.45, 2.75) is 26.8 Å². The first-order chi connectivity index (χ1) is 16.0. The number of anilines is 2. The Labute approximate surface area is 192 Å². The van der Waals surface area contributed by atoms with E-state index in [9.17, 15) is 9.59 Å². The number of fused-ring (bicyclic) bond motifs is 1.